The van der Waals surface area contributed by atoms with Gasteiger partial charge in [0.2, 0.25) is 5.82 Å². The molecule has 0 heterocycles. The molecule has 0 fully saturated rings. The van der Waals surface area contributed by atoms with E-state index >= 15 is 0 Å². The fourth-order valence-electron chi connectivity index (χ4n) is 1.64. The number of nitro groups is 1. The molecule has 0 aromatic heterocycles. The number of para-hydroxylation sites is 1. The van der Waals surface area contributed by atoms with E-state index in [1.54, 1.807) is 24.3 Å². The van der Waals surface area contributed by atoms with E-state index in [1.165, 1.54) is 0 Å². The van der Waals surface area contributed by atoms with Gasteiger partial charge in [-0.25, -0.2) is 4.39 Å². The van der Waals surface area contributed by atoms with Crippen LogP contribution < -0.4 is 5.32 Å². The maximum atomic E-state index is 13.9. The number of rotatable bonds is 3. The number of hydrogen-bond donors (Lipinski definition) is 1. The van der Waals surface area contributed by atoms with Crippen LogP contribution in [0.1, 0.15) is 10.4 Å². The van der Waals surface area contributed by atoms with Crippen molar-refractivity contribution < 1.29 is 18.5 Å². The van der Waals surface area contributed by atoms with Gasteiger partial charge in [-0.2, -0.15) is 4.39 Å². The Hall–Kier alpha value is -2.10. The highest BCUT2D eigenvalue weighted by Crippen LogP contribution is 2.25. The first-order chi connectivity index (χ1) is 9.91. The summed E-state index contributed by atoms with van der Waals surface area (Å²) >= 11 is 1.94. The van der Waals surface area contributed by atoms with Gasteiger partial charge < -0.3 is 5.32 Å². The molecular weight excluding hydrogens is 397 g/mol. The summed E-state index contributed by atoms with van der Waals surface area (Å²) in [4.78, 5) is 21.6. The number of nitro benzene ring substituents is 1. The quantitative estimate of drug-likeness (QED) is 0.482. The van der Waals surface area contributed by atoms with Crippen LogP contribution in [0.2, 0.25) is 0 Å². The summed E-state index contributed by atoms with van der Waals surface area (Å²) < 4.78 is 28.2. The van der Waals surface area contributed by atoms with E-state index in [-0.39, 0.29) is 0 Å². The van der Waals surface area contributed by atoms with Crippen LogP contribution in [0.3, 0.4) is 0 Å². The van der Waals surface area contributed by atoms with E-state index in [4.69, 9.17) is 0 Å². The predicted molar refractivity (Wildman–Crippen MR) is 80.1 cm³/mol. The maximum Gasteiger partial charge on any atom is 0.305 e. The molecule has 21 heavy (non-hydrogen) atoms. The van der Waals surface area contributed by atoms with Gasteiger partial charge in [-0.3, -0.25) is 14.9 Å². The number of anilines is 1. The SMILES string of the molecule is O=C(Nc1ccccc1I)c1c(F)ccc([N+](=O)[O-])c1F. The van der Waals surface area contributed by atoms with E-state index in [0.29, 0.717) is 21.4 Å². The monoisotopic (exact) mass is 404 g/mol. The van der Waals surface area contributed by atoms with Crippen LogP contribution in [0.15, 0.2) is 36.4 Å². The Morgan fingerprint density at radius 1 is 1.19 bits per heavy atom. The number of hydrogen-bond acceptors (Lipinski definition) is 3. The zero-order chi connectivity index (χ0) is 15.6. The average molecular weight is 404 g/mol. The molecule has 0 aliphatic carbocycles. The molecule has 0 atom stereocenters. The first-order valence-corrected chi connectivity index (χ1v) is 6.68. The molecule has 1 amide bonds. The number of halogens is 3. The Morgan fingerprint density at radius 3 is 2.48 bits per heavy atom. The molecule has 8 heteroatoms. The van der Waals surface area contributed by atoms with E-state index in [0.717, 1.165) is 0 Å². The van der Waals surface area contributed by atoms with Crippen molar-refractivity contribution in [3.63, 3.8) is 0 Å². The standard InChI is InChI=1S/C13H7F2IN2O3/c14-7-5-6-10(18(20)21)12(15)11(7)13(19)17-9-4-2-1-3-8(9)16/h1-6H,(H,17,19). The third-order valence-electron chi connectivity index (χ3n) is 2.62. The highest BCUT2D eigenvalue weighted by atomic mass is 127. The molecule has 0 aliphatic rings. The van der Waals surface area contributed by atoms with E-state index in [1.807, 2.05) is 22.6 Å². The number of carbonyl (C=O) groups is 1. The highest BCUT2D eigenvalue weighted by Gasteiger charge is 2.26. The third-order valence-corrected chi connectivity index (χ3v) is 3.56. The molecule has 0 saturated heterocycles. The third kappa shape index (κ3) is 3.15. The minimum atomic E-state index is -1.50. The van der Waals surface area contributed by atoms with Gasteiger partial charge in [-0.15, -0.1) is 0 Å². The van der Waals surface area contributed by atoms with Crippen molar-refractivity contribution in [2.24, 2.45) is 0 Å². The number of nitrogens with one attached hydrogen (secondary N) is 1. The summed E-state index contributed by atoms with van der Waals surface area (Å²) in [5, 5.41) is 13.0. The van der Waals surface area contributed by atoms with Gasteiger partial charge >= 0.3 is 5.69 Å². The molecule has 2 rings (SSSR count). The van der Waals surface area contributed by atoms with Crippen molar-refractivity contribution in [1.82, 2.24) is 0 Å². The number of carbonyl (C=O) groups excluding carboxylic acids is 1. The molecular formula is C13H7F2IN2O3. The van der Waals surface area contributed by atoms with E-state index in [2.05, 4.69) is 5.32 Å². The Bertz CT molecular complexity index is 737. The molecule has 0 aliphatic heterocycles. The lowest BCUT2D eigenvalue weighted by molar-refractivity contribution is -0.387. The fourth-order valence-corrected chi connectivity index (χ4v) is 2.16. The molecule has 2 aromatic carbocycles. The molecule has 1 N–H and O–H groups in total. The Kier molecular flexibility index (Phi) is 4.46. The summed E-state index contributed by atoms with van der Waals surface area (Å²) in [6.07, 6.45) is 0. The van der Waals surface area contributed by atoms with Crippen LogP contribution in [-0.4, -0.2) is 10.8 Å². The Balaban J connectivity index is 2.42. The van der Waals surface area contributed by atoms with Crippen LogP contribution in [0, 0.1) is 25.3 Å². The van der Waals surface area contributed by atoms with Crippen molar-refractivity contribution in [3.8, 4) is 0 Å². The lowest BCUT2D eigenvalue weighted by atomic mass is 10.1. The molecule has 0 bridgehead atoms. The Labute approximate surface area is 131 Å². The van der Waals surface area contributed by atoms with Gasteiger partial charge in [0, 0.05) is 9.64 Å². The number of nitrogens with zero attached hydrogens (tertiary/aromatic N) is 1. The second kappa shape index (κ2) is 6.12. The second-order valence-corrected chi connectivity index (χ2v) is 5.11. The van der Waals surface area contributed by atoms with Crippen LogP contribution in [0.4, 0.5) is 20.2 Å². The van der Waals surface area contributed by atoms with Crippen molar-refractivity contribution in [2.75, 3.05) is 5.32 Å². The van der Waals surface area contributed by atoms with E-state index in [9.17, 15) is 23.7 Å². The molecule has 0 spiro atoms. The van der Waals surface area contributed by atoms with Gasteiger partial charge in [0.15, 0.2) is 0 Å². The minimum absolute atomic E-state index is 0.355. The molecule has 5 nitrogen and oxygen atoms in total. The van der Waals surface area contributed by atoms with Crippen LogP contribution in [0.5, 0.6) is 0 Å². The molecule has 108 valence electrons. The van der Waals surface area contributed by atoms with Gasteiger partial charge in [0.1, 0.15) is 11.4 Å². The molecule has 0 saturated carbocycles. The average Bonchev–Trinajstić information content (AvgIpc) is 2.41. The van der Waals surface area contributed by atoms with Crippen LogP contribution in [-0.2, 0) is 0 Å². The smallest absolute Gasteiger partial charge is 0.305 e. The second-order valence-electron chi connectivity index (χ2n) is 3.95. The molecule has 2 aromatic rings. The molecule has 0 unspecified atom stereocenters. The van der Waals surface area contributed by atoms with Crippen molar-refractivity contribution in [3.05, 3.63) is 67.3 Å². The van der Waals surface area contributed by atoms with Crippen LogP contribution in [0.25, 0.3) is 0 Å². The summed E-state index contributed by atoms with van der Waals surface area (Å²) in [7, 11) is 0. The topological polar surface area (TPSA) is 72.2 Å². The van der Waals surface area contributed by atoms with Crippen molar-refractivity contribution >= 4 is 39.9 Å². The minimum Gasteiger partial charge on any atom is -0.321 e. The summed E-state index contributed by atoms with van der Waals surface area (Å²) in [5.41, 5.74) is -1.58. The van der Waals surface area contributed by atoms with Crippen molar-refractivity contribution in [2.45, 2.75) is 0 Å². The van der Waals surface area contributed by atoms with E-state index < -0.39 is 33.7 Å². The van der Waals surface area contributed by atoms with Crippen molar-refractivity contribution in [1.29, 1.82) is 0 Å². The van der Waals surface area contributed by atoms with Gasteiger partial charge in [0.05, 0.1) is 10.6 Å². The summed E-state index contributed by atoms with van der Waals surface area (Å²) in [6, 6.07) is 7.97. The van der Waals surface area contributed by atoms with Gasteiger partial charge in [-0.05, 0) is 40.8 Å². The van der Waals surface area contributed by atoms with Gasteiger partial charge in [0.25, 0.3) is 5.91 Å². The number of benzene rings is 2. The maximum absolute atomic E-state index is 13.9. The first-order valence-electron chi connectivity index (χ1n) is 5.60. The molecule has 0 radical (unpaired) electrons. The predicted octanol–water partition coefficient (Wildman–Crippen LogP) is 3.73. The number of amides is 1. The largest absolute Gasteiger partial charge is 0.321 e. The fraction of sp³-hybridized carbons (Fsp3) is 0. The summed E-state index contributed by atoms with van der Waals surface area (Å²) in [6.45, 7) is 0. The zero-order valence-electron chi connectivity index (χ0n) is 10.3. The zero-order valence-corrected chi connectivity index (χ0v) is 12.4. The lowest BCUT2D eigenvalue weighted by Crippen LogP contribution is -2.17. The highest BCUT2D eigenvalue weighted by molar-refractivity contribution is 14.1. The lowest BCUT2D eigenvalue weighted by Gasteiger charge is -2.08. The van der Waals surface area contributed by atoms with Gasteiger partial charge in [-0.1, -0.05) is 12.1 Å². The normalized spacial score (nSPS) is 10.2. The summed E-state index contributed by atoms with van der Waals surface area (Å²) in [5.74, 6) is -3.75. The van der Waals surface area contributed by atoms with Crippen LogP contribution >= 0.6 is 22.6 Å². The first kappa shape index (κ1) is 15.3. The Morgan fingerprint density at radius 2 is 1.86 bits per heavy atom.